The smallest absolute Gasteiger partial charge is 0.337 e. The molecule has 88 valence electrons. The second-order valence-electron chi connectivity index (χ2n) is 4.21. The van der Waals surface area contributed by atoms with E-state index in [-0.39, 0.29) is 5.56 Å². The maximum absolute atomic E-state index is 11.0. The van der Waals surface area contributed by atoms with Crippen molar-refractivity contribution in [2.24, 2.45) is 5.92 Å². The molecular formula is C12H17NO2S. The summed E-state index contributed by atoms with van der Waals surface area (Å²) in [5, 5.41) is 9.00. The first kappa shape index (κ1) is 12.9. The average Bonchev–Trinajstić information content (AvgIpc) is 2.19. The number of hydrogen-bond acceptors (Lipinski definition) is 3. The van der Waals surface area contributed by atoms with Crippen LogP contribution >= 0.6 is 11.8 Å². The molecule has 0 aliphatic carbocycles. The molecule has 0 saturated carbocycles. The zero-order valence-electron chi connectivity index (χ0n) is 9.78. The molecule has 0 spiro atoms. The number of benzene rings is 1. The van der Waals surface area contributed by atoms with E-state index in [4.69, 9.17) is 10.8 Å². The van der Waals surface area contributed by atoms with Gasteiger partial charge in [0.1, 0.15) is 0 Å². The van der Waals surface area contributed by atoms with Crippen molar-refractivity contribution in [2.75, 3.05) is 11.5 Å². The Morgan fingerprint density at radius 2 is 2.12 bits per heavy atom. The van der Waals surface area contributed by atoms with Crippen molar-refractivity contribution in [3.63, 3.8) is 0 Å². The van der Waals surface area contributed by atoms with E-state index in [2.05, 4.69) is 13.8 Å². The van der Waals surface area contributed by atoms with Crippen molar-refractivity contribution in [2.45, 2.75) is 25.7 Å². The molecule has 0 atom stereocenters. The molecule has 1 aromatic carbocycles. The quantitative estimate of drug-likeness (QED) is 0.626. The number of nitrogens with two attached hydrogens (primary N) is 1. The van der Waals surface area contributed by atoms with Crippen molar-refractivity contribution in [3.05, 3.63) is 23.3 Å². The van der Waals surface area contributed by atoms with Crippen LogP contribution in [0.2, 0.25) is 0 Å². The Morgan fingerprint density at radius 1 is 1.50 bits per heavy atom. The first-order valence-electron chi connectivity index (χ1n) is 5.18. The molecule has 4 heteroatoms. The monoisotopic (exact) mass is 239 g/mol. The number of rotatable bonds is 4. The van der Waals surface area contributed by atoms with Crippen LogP contribution in [-0.4, -0.2) is 16.8 Å². The first-order valence-corrected chi connectivity index (χ1v) is 6.16. The Balaban J connectivity index is 3.00. The van der Waals surface area contributed by atoms with E-state index in [1.807, 2.05) is 13.0 Å². The molecule has 16 heavy (non-hydrogen) atoms. The maximum atomic E-state index is 11.0. The van der Waals surface area contributed by atoms with Gasteiger partial charge < -0.3 is 10.8 Å². The standard InChI is InChI=1S/C12H17NO2S/c1-7(2)6-16-9-4-8(3)11(13)10(5-9)12(14)15/h4-5,7H,6,13H2,1-3H3,(H,14,15). The summed E-state index contributed by atoms with van der Waals surface area (Å²) in [7, 11) is 0. The molecule has 0 aliphatic rings. The molecule has 0 unspecified atom stereocenters. The van der Waals surface area contributed by atoms with Crippen LogP contribution < -0.4 is 5.73 Å². The molecule has 1 aromatic rings. The average molecular weight is 239 g/mol. The molecule has 0 fully saturated rings. The third kappa shape index (κ3) is 3.17. The second kappa shape index (κ2) is 5.25. The molecule has 3 N–H and O–H groups in total. The molecule has 0 amide bonds. The first-order chi connectivity index (χ1) is 7.41. The third-order valence-corrected chi connectivity index (χ3v) is 3.58. The lowest BCUT2D eigenvalue weighted by molar-refractivity contribution is 0.0697. The molecule has 0 aromatic heterocycles. The van der Waals surface area contributed by atoms with Crippen molar-refractivity contribution >= 4 is 23.4 Å². The normalized spacial score (nSPS) is 10.8. The van der Waals surface area contributed by atoms with Gasteiger partial charge in [-0.2, -0.15) is 0 Å². The second-order valence-corrected chi connectivity index (χ2v) is 5.30. The van der Waals surface area contributed by atoms with Gasteiger partial charge in [0, 0.05) is 16.3 Å². The Bertz CT molecular complexity index is 402. The van der Waals surface area contributed by atoms with Crippen LogP contribution in [-0.2, 0) is 0 Å². The summed E-state index contributed by atoms with van der Waals surface area (Å²) < 4.78 is 0. The number of anilines is 1. The molecule has 0 aliphatic heterocycles. The fourth-order valence-corrected chi connectivity index (χ4v) is 2.28. The number of carboxylic acid groups (broad SMARTS) is 1. The van der Waals surface area contributed by atoms with E-state index in [0.29, 0.717) is 11.6 Å². The third-order valence-electron chi connectivity index (χ3n) is 2.17. The van der Waals surface area contributed by atoms with E-state index >= 15 is 0 Å². The van der Waals surface area contributed by atoms with Gasteiger partial charge in [0.25, 0.3) is 0 Å². The van der Waals surface area contributed by atoms with E-state index in [9.17, 15) is 4.79 Å². The van der Waals surface area contributed by atoms with Gasteiger partial charge in [-0.3, -0.25) is 0 Å². The highest BCUT2D eigenvalue weighted by molar-refractivity contribution is 7.99. The Labute approximate surface area is 100 Å². The van der Waals surface area contributed by atoms with Gasteiger partial charge in [-0.1, -0.05) is 13.8 Å². The lowest BCUT2D eigenvalue weighted by atomic mass is 10.1. The maximum Gasteiger partial charge on any atom is 0.337 e. The van der Waals surface area contributed by atoms with Gasteiger partial charge >= 0.3 is 5.97 Å². The molecule has 0 saturated heterocycles. The van der Waals surface area contributed by atoms with E-state index in [1.165, 1.54) is 0 Å². The predicted octanol–water partition coefficient (Wildman–Crippen LogP) is 3.02. The molecule has 3 nitrogen and oxygen atoms in total. The number of carbonyl (C=O) groups is 1. The number of hydrogen-bond donors (Lipinski definition) is 2. The Morgan fingerprint density at radius 3 is 2.62 bits per heavy atom. The zero-order chi connectivity index (χ0) is 12.3. The Hall–Kier alpha value is -1.16. The fourth-order valence-electron chi connectivity index (χ4n) is 1.29. The predicted molar refractivity (Wildman–Crippen MR) is 68.1 cm³/mol. The van der Waals surface area contributed by atoms with Crippen molar-refractivity contribution in [1.82, 2.24) is 0 Å². The highest BCUT2D eigenvalue weighted by Gasteiger charge is 2.12. The minimum Gasteiger partial charge on any atom is -0.478 e. The fraction of sp³-hybridized carbons (Fsp3) is 0.417. The summed E-state index contributed by atoms with van der Waals surface area (Å²) in [6.45, 7) is 6.10. The van der Waals surface area contributed by atoms with E-state index < -0.39 is 5.97 Å². The van der Waals surface area contributed by atoms with Crippen LogP contribution in [0.4, 0.5) is 5.69 Å². The van der Waals surface area contributed by atoms with Crippen LogP contribution in [0.15, 0.2) is 17.0 Å². The van der Waals surface area contributed by atoms with Crippen LogP contribution in [0.5, 0.6) is 0 Å². The summed E-state index contributed by atoms with van der Waals surface area (Å²) in [6.07, 6.45) is 0. The van der Waals surface area contributed by atoms with Crippen LogP contribution in [0, 0.1) is 12.8 Å². The lowest BCUT2D eigenvalue weighted by Crippen LogP contribution is -2.04. The molecular weight excluding hydrogens is 222 g/mol. The number of thioether (sulfide) groups is 1. The minimum absolute atomic E-state index is 0.200. The largest absolute Gasteiger partial charge is 0.478 e. The van der Waals surface area contributed by atoms with Crippen molar-refractivity contribution in [3.8, 4) is 0 Å². The molecule has 0 heterocycles. The van der Waals surface area contributed by atoms with Gasteiger partial charge in [0.05, 0.1) is 5.56 Å². The number of carboxylic acids is 1. The van der Waals surface area contributed by atoms with E-state index in [0.717, 1.165) is 16.2 Å². The summed E-state index contributed by atoms with van der Waals surface area (Å²) in [4.78, 5) is 11.9. The van der Waals surface area contributed by atoms with Crippen LogP contribution in [0.1, 0.15) is 29.8 Å². The zero-order valence-corrected chi connectivity index (χ0v) is 10.6. The molecule has 1 rings (SSSR count). The van der Waals surface area contributed by atoms with Gasteiger partial charge in [-0.15, -0.1) is 11.8 Å². The minimum atomic E-state index is -0.965. The van der Waals surface area contributed by atoms with E-state index in [1.54, 1.807) is 17.8 Å². The lowest BCUT2D eigenvalue weighted by Gasteiger charge is -2.09. The number of nitrogen functional groups attached to an aromatic ring is 1. The summed E-state index contributed by atoms with van der Waals surface area (Å²) in [5.74, 6) is 0.589. The SMILES string of the molecule is Cc1cc(SCC(C)C)cc(C(=O)O)c1N. The Kier molecular flexibility index (Phi) is 4.24. The van der Waals surface area contributed by atoms with Gasteiger partial charge in [-0.05, 0) is 30.5 Å². The summed E-state index contributed by atoms with van der Waals surface area (Å²) in [6, 6.07) is 3.59. The van der Waals surface area contributed by atoms with Gasteiger partial charge in [0.2, 0.25) is 0 Å². The van der Waals surface area contributed by atoms with Crippen molar-refractivity contribution in [1.29, 1.82) is 0 Å². The number of aromatic carboxylic acids is 1. The summed E-state index contributed by atoms with van der Waals surface area (Å²) in [5.41, 5.74) is 7.11. The molecule has 0 bridgehead atoms. The van der Waals surface area contributed by atoms with Crippen LogP contribution in [0.3, 0.4) is 0 Å². The van der Waals surface area contributed by atoms with Crippen molar-refractivity contribution < 1.29 is 9.90 Å². The van der Waals surface area contributed by atoms with Gasteiger partial charge in [0.15, 0.2) is 0 Å². The summed E-state index contributed by atoms with van der Waals surface area (Å²) >= 11 is 1.66. The van der Waals surface area contributed by atoms with Crippen LogP contribution in [0.25, 0.3) is 0 Å². The topological polar surface area (TPSA) is 63.3 Å². The molecule has 0 radical (unpaired) electrons. The van der Waals surface area contributed by atoms with Gasteiger partial charge in [-0.25, -0.2) is 4.79 Å². The number of aryl methyl sites for hydroxylation is 1. The highest BCUT2D eigenvalue weighted by atomic mass is 32.2. The highest BCUT2D eigenvalue weighted by Crippen LogP contribution is 2.27.